The first-order valence-corrected chi connectivity index (χ1v) is 7.17. The number of hydrogen-bond donors (Lipinski definition) is 3. The third-order valence-corrected chi connectivity index (χ3v) is 2.17. The van der Waals surface area contributed by atoms with Gasteiger partial charge in [-0.3, -0.25) is 0 Å². The van der Waals surface area contributed by atoms with Gasteiger partial charge in [-0.2, -0.15) is 15.0 Å². The summed E-state index contributed by atoms with van der Waals surface area (Å²) in [6.07, 6.45) is 0. The predicted octanol–water partition coefficient (Wildman–Crippen LogP) is 3.29. The van der Waals surface area contributed by atoms with Crippen LogP contribution >= 0.6 is 11.6 Å². The van der Waals surface area contributed by atoms with E-state index in [9.17, 15) is 0 Å². The molecule has 116 valence electrons. The first-order valence-electron chi connectivity index (χ1n) is 6.79. The fraction of sp³-hybridized carbons (Fsp3) is 0.357. The largest absolute Gasteiger partial charge is 0.385 e. The van der Waals surface area contributed by atoms with Crippen molar-refractivity contribution >= 4 is 29.2 Å². The monoisotopic (exact) mass is 310 g/mol. The highest BCUT2D eigenvalue weighted by atomic mass is 35.5. The molecule has 0 bridgehead atoms. The standard InChI is InChI=1S/C8H11N.C4H6ClN5.C2H6/c1-2-9-8-6-4-3-5-7-8;1-7-4-9-2(5)8-3(6)10-4;1-2/h3-7,9H,2H2,1H3;1H3,(H3,6,7,8,9,10);1-2H3. The zero-order valence-electron chi connectivity index (χ0n) is 12.9. The maximum absolute atomic E-state index is 5.45. The van der Waals surface area contributed by atoms with Crippen LogP contribution in [0.2, 0.25) is 5.28 Å². The van der Waals surface area contributed by atoms with Crippen LogP contribution in [-0.4, -0.2) is 28.5 Å². The fourth-order valence-corrected chi connectivity index (χ4v) is 1.40. The van der Waals surface area contributed by atoms with Gasteiger partial charge < -0.3 is 16.4 Å². The molecule has 0 unspecified atom stereocenters. The number of anilines is 3. The van der Waals surface area contributed by atoms with Crippen LogP contribution in [0.25, 0.3) is 0 Å². The summed E-state index contributed by atoms with van der Waals surface area (Å²) in [5, 5.41) is 5.98. The number of nitrogen functional groups attached to an aromatic ring is 1. The summed E-state index contributed by atoms with van der Waals surface area (Å²) in [5.41, 5.74) is 6.44. The Balaban J connectivity index is 0.000000342. The zero-order chi connectivity index (χ0) is 16.1. The van der Waals surface area contributed by atoms with Crippen molar-refractivity contribution in [1.29, 1.82) is 0 Å². The topological polar surface area (TPSA) is 88.8 Å². The number of nitrogens with zero attached hydrogens (tertiary/aromatic N) is 3. The van der Waals surface area contributed by atoms with E-state index in [0.717, 1.165) is 6.54 Å². The summed E-state index contributed by atoms with van der Waals surface area (Å²) in [4.78, 5) is 11.0. The Kier molecular flexibility index (Phi) is 10.6. The van der Waals surface area contributed by atoms with E-state index in [2.05, 4.69) is 44.6 Å². The molecule has 0 saturated carbocycles. The Bertz CT molecular complexity index is 472. The first kappa shape index (κ1) is 18.9. The molecule has 0 aliphatic heterocycles. The Hall–Kier alpha value is -2.08. The third kappa shape index (κ3) is 8.65. The quantitative estimate of drug-likeness (QED) is 0.806. The molecular formula is C14H23ClN6. The van der Waals surface area contributed by atoms with Gasteiger partial charge in [0.25, 0.3) is 0 Å². The van der Waals surface area contributed by atoms with Gasteiger partial charge in [-0.1, -0.05) is 32.0 Å². The Labute approximate surface area is 131 Å². The normalized spacial score (nSPS) is 8.62. The maximum atomic E-state index is 5.45. The number of para-hydroxylation sites is 1. The van der Waals surface area contributed by atoms with E-state index in [1.165, 1.54) is 5.69 Å². The fourth-order valence-electron chi connectivity index (χ4n) is 1.24. The van der Waals surface area contributed by atoms with Gasteiger partial charge in [0.1, 0.15) is 0 Å². The van der Waals surface area contributed by atoms with Crippen molar-refractivity contribution in [2.75, 3.05) is 30.0 Å². The molecule has 0 spiro atoms. The average Bonchev–Trinajstić information content (AvgIpc) is 2.50. The minimum absolute atomic E-state index is 0.0943. The van der Waals surface area contributed by atoms with Crippen molar-refractivity contribution in [2.24, 2.45) is 0 Å². The van der Waals surface area contributed by atoms with E-state index >= 15 is 0 Å². The number of nitrogens with two attached hydrogens (primary N) is 1. The van der Waals surface area contributed by atoms with E-state index in [1.54, 1.807) is 7.05 Å². The van der Waals surface area contributed by atoms with Crippen molar-refractivity contribution in [1.82, 2.24) is 15.0 Å². The minimum atomic E-state index is 0.0943. The van der Waals surface area contributed by atoms with E-state index < -0.39 is 0 Å². The van der Waals surface area contributed by atoms with Crippen LogP contribution in [0.4, 0.5) is 17.6 Å². The highest BCUT2D eigenvalue weighted by Gasteiger charge is 1.97. The van der Waals surface area contributed by atoms with E-state index in [-0.39, 0.29) is 11.2 Å². The molecule has 21 heavy (non-hydrogen) atoms. The first-order chi connectivity index (χ1) is 10.2. The highest BCUT2D eigenvalue weighted by molar-refractivity contribution is 6.28. The van der Waals surface area contributed by atoms with Gasteiger partial charge in [-0.25, -0.2) is 0 Å². The van der Waals surface area contributed by atoms with Gasteiger partial charge in [0.2, 0.25) is 17.2 Å². The van der Waals surface area contributed by atoms with Crippen LogP contribution in [0.15, 0.2) is 30.3 Å². The van der Waals surface area contributed by atoms with Crippen molar-refractivity contribution < 1.29 is 0 Å². The Morgan fingerprint density at radius 1 is 1.10 bits per heavy atom. The molecular weight excluding hydrogens is 288 g/mol. The van der Waals surface area contributed by atoms with Crippen LogP contribution in [0.5, 0.6) is 0 Å². The predicted molar refractivity (Wildman–Crippen MR) is 90.7 cm³/mol. The van der Waals surface area contributed by atoms with E-state index in [0.29, 0.717) is 5.95 Å². The van der Waals surface area contributed by atoms with Crippen molar-refractivity contribution in [3.8, 4) is 0 Å². The zero-order valence-corrected chi connectivity index (χ0v) is 13.6. The number of hydrogen-bond acceptors (Lipinski definition) is 6. The third-order valence-electron chi connectivity index (χ3n) is 2.00. The van der Waals surface area contributed by atoms with Crippen LogP contribution in [0, 0.1) is 0 Å². The Morgan fingerprint density at radius 2 is 1.71 bits per heavy atom. The lowest BCUT2D eigenvalue weighted by molar-refractivity contribution is 1.06. The number of aromatic nitrogens is 3. The van der Waals surface area contributed by atoms with Crippen molar-refractivity contribution in [3.63, 3.8) is 0 Å². The Morgan fingerprint density at radius 3 is 2.19 bits per heavy atom. The molecule has 0 amide bonds. The lowest BCUT2D eigenvalue weighted by Crippen LogP contribution is -2.02. The second-order valence-corrected chi connectivity index (χ2v) is 3.77. The number of nitrogens with one attached hydrogen (secondary N) is 2. The molecule has 0 aliphatic rings. The van der Waals surface area contributed by atoms with Gasteiger partial charge in [0.05, 0.1) is 0 Å². The highest BCUT2D eigenvalue weighted by Crippen LogP contribution is 2.05. The molecule has 1 heterocycles. The second-order valence-electron chi connectivity index (χ2n) is 3.43. The molecule has 0 aliphatic carbocycles. The number of halogens is 1. The molecule has 1 aromatic heterocycles. The maximum Gasteiger partial charge on any atom is 0.228 e. The smallest absolute Gasteiger partial charge is 0.228 e. The molecule has 7 heteroatoms. The van der Waals surface area contributed by atoms with Crippen LogP contribution in [0.1, 0.15) is 20.8 Å². The SMILES string of the molecule is CC.CCNc1ccccc1.CNc1nc(N)nc(Cl)n1. The summed E-state index contributed by atoms with van der Waals surface area (Å²) in [7, 11) is 1.67. The van der Waals surface area contributed by atoms with Gasteiger partial charge >= 0.3 is 0 Å². The average molecular weight is 311 g/mol. The summed E-state index contributed by atoms with van der Waals surface area (Å²) >= 11 is 5.45. The summed E-state index contributed by atoms with van der Waals surface area (Å²) in [6, 6.07) is 10.2. The molecule has 0 radical (unpaired) electrons. The van der Waals surface area contributed by atoms with Crippen LogP contribution < -0.4 is 16.4 Å². The van der Waals surface area contributed by atoms with E-state index in [4.69, 9.17) is 17.3 Å². The molecule has 0 saturated heterocycles. The number of rotatable bonds is 3. The summed E-state index contributed by atoms with van der Waals surface area (Å²) in [6.45, 7) is 7.08. The molecule has 2 rings (SSSR count). The summed E-state index contributed by atoms with van der Waals surface area (Å²) < 4.78 is 0. The van der Waals surface area contributed by atoms with Gasteiger partial charge in [0.15, 0.2) is 0 Å². The van der Waals surface area contributed by atoms with Gasteiger partial charge in [-0.05, 0) is 30.7 Å². The van der Waals surface area contributed by atoms with Crippen LogP contribution in [0.3, 0.4) is 0 Å². The lowest BCUT2D eigenvalue weighted by Gasteiger charge is -1.99. The van der Waals surface area contributed by atoms with Gasteiger partial charge in [0, 0.05) is 19.3 Å². The molecule has 2 aromatic rings. The molecule has 0 atom stereocenters. The molecule has 4 N–H and O–H groups in total. The lowest BCUT2D eigenvalue weighted by atomic mass is 10.3. The van der Waals surface area contributed by atoms with Gasteiger partial charge in [-0.15, -0.1) is 0 Å². The summed E-state index contributed by atoms with van der Waals surface area (Å²) in [5.74, 6) is 0.488. The minimum Gasteiger partial charge on any atom is -0.385 e. The van der Waals surface area contributed by atoms with Crippen molar-refractivity contribution in [3.05, 3.63) is 35.6 Å². The second kappa shape index (κ2) is 11.7. The molecule has 1 aromatic carbocycles. The molecule has 6 nitrogen and oxygen atoms in total. The molecule has 0 fully saturated rings. The van der Waals surface area contributed by atoms with Crippen LogP contribution in [-0.2, 0) is 0 Å². The number of benzene rings is 1. The van der Waals surface area contributed by atoms with E-state index in [1.807, 2.05) is 32.0 Å². The van der Waals surface area contributed by atoms with Crippen molar-refractivity contribution in [2.45, 2.75) is 20.8 Å².